The first kappa shape index (κ1) is 12.5. The van der Waals surface area contributed by atoms with Crippen molar-refractivity contribution in [2.45, 2.75) is 11.4 Å². The first-order valence-corrected chi connectivity index (χ1v) is 7.49. The number of hydrogen-bond donors (Lipinski definition) is 1. The Bertz CT molecular complexity index is 649. The standard InChI is InChI=1S/C14H18N2O2S/c1-16-12-11-8(14(16)19-4)5-6-15-9(11)7-10(17-2)13(12)18-3/h7,15H,5-6H2,1-4H3. The summed E-state index contributed by atoms with van der Waals surface area (Å²) >= 11 is 1.79. The van der Waals surface area contributed by atoms with Gasteiger partial charge in [0.1, 0.15) is 0 Å². The molecule has 3 rings (SSSR count). The topological polar surface area (TPSA) is 35.4 Å². The van der Waals surface area contributed by atoms with Gasteiger partial charge in [-0.25, -0.2) is 0 Å². The van der Waals surface area contributed by atoms with Gasteiger partial charge < -0.3 is 19.4 Å². The van der Waals surface area contributed by atoms with E-state index in [2.05, 4.69) is 23.2 Å². The van der Waals surface area contributed by atoms with E-state index in [1.54, 1.807) is 26.0 Å². The first-order chi connectivity index (χ1) is 9.22. The van der Waals surface area contributed by atoms with Gasteiger partial charge in [-0.3, -0.25) is 0 Å². The maximum Gasteiger partial charge on any atom is 0.185 e. The molecule has 1 aromatic heterocycles. The number of methoxy groups -OCH3 is 2. The molecule has 0 radical (unpaired) electrons. The van der Waals surface area contributed by atoms with Crippen LogP contribution >= 0.6 is 11.8 Å². The van der Waals surface area contributed by atoms with Crippen molar-refractivity contribution >= 4 is 28.4 Å². The molecule has 1 aliphatic rings. The third-order valence-electron chi connectivity index (χ3n) is 3.73. The SMILES string of the molecule is COc1cc2c3c(c(SC)n(C)c3c1OC)CCN2. The van der Waals surface area contributed by atoms with Gasteiger partial charge in [0.25, 0.3) is 0 Å². The number of aryl methyl sites for hydroxylation is 1. The summed E-state index contributed by atoms with van der Waals surface area (Å²) in [5.74, 6) is 1.59. The maximum absolute atomic E-state index is 5.58. The molecule has 0 amide bonds. The highest BCUT2D eigenvalue weighted by molar-refractivity contribution is 7.98. The van der Waals surface area contributed by atoms with Crippen LogP contribution in [0, 0.1) is 0 Å². The fraction of sp³-hybridized carbons (Fsp3) is 0.429. The van der Waals surface area contributed by atoms with E-state index >= 15 is 0 Å². The smallest absolute Gasteiger partial charge is 0.185 e. The Labute approximate surface area is 117 Å². The van der Waals surface area contributed by atoms with Gasteiger partial charge in [0.05, 0.1) is 24.8 Å². The van der Waals surface area contributed by atoms with Crippen molar-refractivity contribution in [3.8, 4) is 11.5 Å². The molecule has 0 fully saturated rings. The Morgan fingerprint density at radius 3 is 2.74 bits per heavy atom. The van der Waals surface area contributed by atoms with Crippen LogP contribution in [-0.2, 0) is 13.5 Å². The molecule has 5 heteroatoms. The number of thioether (sulfide) groups is 1. The minimum atomic E-state index is 0.777. The zero-order chi connectivity index (χ0) is 13.6. The number of nitrogens with one attached hydrogen (secondary N) is 1. The summed E-state index contributed by atoms with van der Waals surface area (Å²) in [7, 11) is 5.47. The Morgan fingerprint density at radius 1 is 1.32 bits per heavy atom. The van der Waals surface area contributed by atoms with E-state index in [9.17, 15) is 0 Å². The summed E-state index contributed by atoms with van der Waals surface area (Å²) < 4.78 is 13.3. The quantitative estimate of drug-likeness (QED) is 0.876. The normalized spacial score (nSPS) is 13.5. The van der Waals surface area contributed by atoms with Crippen LogP contribution in [0.25, 0.3) is 10.9 Å². The third-order valence-corrected chi connectivity index (χ3v) is 4.64. The highest BCUT2D eigenvalue weighted by atomic mass is 32.2. The Morgan fingerprint density at radius 2 is 2.11 bits per heavy atom. The molecule has 0 spiro atoms. The second kappa shape index (κ2) is 4.56. The summed E-state index contributed by atoms with van der Waals surface area (Å²) in [5, 5.41) is 6.04. The van der Waals surface area contributed by atoms with E-state index in [4.69, 9.17) is 9.47 Å². The average molecular weight is 278 g/mol. The fourth-order valence-corrected chi connectivity index (χ4v) is 3.78. The van der Waals surface area contributed by atoms with Gasteiger partial charge >= 0.3 is 0 Å². The van der Waals surface area contributed by atoms with Crippen molar-refractivity contribution < 1.29 is 9.47 Å². The van der Waals surface area contributed by atoms with Crippen molar-refractivity contribution in [1.29, 1.82) is 0 Å². The van der Waals surface area contributed by atoms with Crippen LogP contribution in [0.2, 0.25) is 0 Å². The van der Waals surface area contributed by atoms with Gasteiger partial charge in [-0.05, 0) is 18.2 Å². The molecule has 0 atom stereocenters. The molecule has 102 valence electrons. The monoisotopic (exact) mass is 278 g/mol. The Kier molecular flexibility index (Phi) is 3.01. The lowest BCUT2D eigenvalue weighted by atomic mass is 10.0. The van der Waals surface area contributed by atoms with E-state index in [1.807, 2.05) is 6.07 Å². The number of benzene rings is 1. The van der Waals surface area contributed by atoms with E-state index in [1.165, 1.54) is 16.0 Å². The maximum atomic E-state index is 5.58. The molecule has 2 aromatic rings. The van der Waals surface area contributed by atoms with Gasteiger partial charge in [-0.2, -0.15) is 0 Å². The zero-order valence-electron chi connectivity index (χ0n) is 11.7. The van der Waals surface area contributed by atoms with E-state index in [0.29, 0.717) is 0 Å². The molecular formula is C14H18N2O2S. The highest BCUT2D eigenvalue weighted by Gasteiger charge is 2.25. The molecule has 1 aliphatic heterocycles. The van der Waals surface area contributed by atoms with Crippen LogP contribution < -0.4 is 14.8 Å². The molecule has 0 bridgehead atoms. The van der Waals surface area contributed by atoms with Gasteiger partial charge in [0.15, 0.2) is 11.5 Å². The summed E-state index contributed by atoms with van der Waals surface area (Å²) in [4.78, 5) is 0. The average Bonchev–Trinajstić information content (AvgIpc) is 2.73. The van der Waals surface area contributed by atoms with Gasteiger partial charge in [0.2, 0.25) is 0 Å². The minimum absolute atomic E-state index is 0.777. The van der Waals surface area contributed by atoms with Crippen molar-refractivity contribution in [2.75, 3.05) is 32.3 Å². The van der Waals surface area contributed by atoms with Crippen LogP contribution in [0.5, 0.6) is 11.5 Å². The Balaban J connectivity index is 2.48. The lowest BCUT2D eigenvalue weighted by molar-refractivity contribution is 0.357. The van der Waals surface area contributed by atoms with Crippen LogP contribution in [0.1, 0.15) is 5.56 Å². The summed E-state index contributed by atoms with van der Waals surface area (Å²) in [6.07, 6.45) is 3.17. The first-order valence-electron chi connectivity index (χ1n) is 6.27. The fourth-order valence-electron chi connectivity index (χ4n) is 2.97. The second-order valence-electron chi connectivity index (χ2n) is 4.61. The second-order valence-corrected chi connectivity index (χ2v) is 5.40. The predicted molar refractivity (Wildman–Crippen MR) is 80.0 cm³/mol. The van der Waals surface area contributed by atoms with Gasteiger partial charge in [-0.1, -0.05) is 0 Å². The summed E-state index contributed by atoms with van der Waals surface area (Å²) in [5.41, 5.74) is 3.67. The Hall–Kier alpha value is -1.49. The molecular weight excluding hydrogens is 260 g/mol. The van der Waals surface area contributed by atoms with Crippen LogP contribution in [0.3, 0.4) is 0 Å². The van der Waals surface area contributed by atoms with Crippen LogP contribution in [-0.4, -0.2) is 31.6 Å². The lowest BCUT2D eigenvalue weighted by Gasteiger charge is -2.18. The number of rotatable bonds is 3. The number of ether oxygens (including phenoxy) is 2. The number of hydrogen-bond acceptors (Lipinski definition) is 4. The predicted octanol–water partition coefficient (Wildman–Crippen LogP) is 2.89. The van der Waals surface area contributed by atoms with Crippen molar-refractivity contribution in [3.05, 3.63) is 11.6 Å². The van der Waals surface area contributed by atoms with Gasteiger partial charge in [0, 0.05) is 30.7 Å². The van der Waals surface area contributed by atoms with Crippen molar-refractivity contribution in [1.82, 2.24) is 4.57 Å². The molecule has 0 saturated heterocycles. The molecule has 2 heterocycles. The molecule has 1 N–H and O–H groups in total. The lowest BCUT2D eigenvalue weighted by Crippen LogP contribution is -2.11. The van der Waals surface area contributed by atoms with E-state index in [-0.39, 0.29) is 0 Å². The number of nitrogens with zero attached hydrogens (tertiary/aromatic N) is 1. The molecule has 0 aliphatic carbocycles. The molecule has 0 unspecified atom stereocenters. The van der Waals surface area contributed by atoms with E-state index in [0.717, 1.165) is 35.7 Å². The van der Waals surface area contributed by atoms with E-state index < -0.39 is 0 Å². The van der Waals surface area contributed by atoms with Gasteiger partial charge in [-0.15, -0.1) is 11.8 Å². The largest absolute Gasteiger partial charge is 0.493 e. The molecule has 0 saturated carbocycles. The van der Waals surface area contributed by atoms with Crippen LogP contribution in [0.4, 0.5) is 5.69 Å². The third kappa shape index (κ3) is 1.61. The number of anilines is 1. The van der Waals surface area contributed by atoms with Crippen LogP contribution in [0.15, 0.2) is 11.1 Å². The molecule has 19 heavy (non-hydrogen) atoms. The summed E-state index contributed by atoms with van der Waals surface area (Å²) in [6, 6.07) is 2.04. The zero-order valence-corrected chi connectivity index (χ0v) is 12.5. The minimum Gasteiger partial charge on any atom is -0.493 e. The summed E-state index contributed by atoms with van der Waals surface area (Å²) in [6.45, 7) is 0.967. The van der Waals surface area contributed by atoms with Crippen molar-refractivity contribution in [2.24, 2.45) is 7.05 Å². The highest BCUT2D eigenvalue weighted by Crippen LogP contribution is 2.46. The molecule has 4 nitrogen and oxygen atoms in total. The van der Waals surface area contributed by atoms with Crippen molar-refractivity contribution in [3.63, 3.8) is 0 Å². The number of aromatic nitrogens is 1. The molecule has 1 aromatic carbocycles.